The number of rotatable bonds is 7. The summed E-state index contributed by atoms with van der Waals surface area (Å²) in [6, 6.07) is 8.27. The molecule has 19 heavy (non-hydrogen) atoms. The molecule has 1 atom stereocenters. The summed E-state index contributed by atoms with van der Waals surface area (Å²) < 4.78 is 5.55. The van der Waals surface area contributed by atoms with Crippen molar-refractivity contribution in [1.82, 2.24) is 5.32 Å². The highest BCUT2D eigenvalue weighted by molar-refractivity contribution is 5.76. The van der Waals surface area contributed by atoms with Crippen LogP contribution in [0.2, 0.25) is 0 Å². The molecule has 0 heterocycles. The van der Waals surface area contributed by atoms with Crippen LogP contribution in [0.4, 0.5) is 0 Å². The highest BCUT2D eigenvalue weighted by atomic mass is 16.5. The SMILES string of the molecule is CC[C@H](N)c1ccc(OCCC(=O)NC2CC2)cc1. The van der Waals surface area contributed by atoms with Crippen molar-refractivity contribution in [2.75, 3.05) is 6.61 Å². The van der Waals surface area contributed by atoms with Crippen molar-refractivity contribution in [2.45, 2.75) is 44.7 Å². The van der Waals surface area contributed by atoms with Gasteiger partial charge in [-0.15, -0.1) is 0 Å². The topological polar surface area (TPSA) is 64.3 Å². The predicted molar refractivity (Wildman–Crippen MR) is 74.9 cm³/mol. The Hall–Kier alpha value is -1.55. The average molecular weight is 262 g/mol. The number of hydrogen-bond acceptors (Lipinski definition) is 3. The molecule has 0 saturated heterocycles. The van der Waals surface area contributed by atoms with Gasteiger partial charge in [0.2, 0.25) is 5.91 Å². The Morgan fingerprint density at radius 2 is 2.11 bits per heavy atom. The van der Waals surface area contributed by atoms with E-state index in [0.29, 0.717) is 19.1 Å². The number of benzene rings is 1. The molecule has 3 N–H and O–H groups in total. The first-order valence-electron chi connectivity index (χ1n) is 6.96. The summed E-state index contributed by atoms with van der Waals surface area (Å²) in [5.74, 6) is 0.860. The third-order valence-corrected chi connectivity index (χ3v) is 3.29. The Kier molecular flexibility index (Phi) is 4.80. The van der Waals surface area contributed by atoms with E-state index in [1.165, 1.54) is 0 Å². The summed E-state index contributed by atoms with van der Waals surface area (Å²) in [5.41, 5.74) is 7.06. The van der Waals surface area contributed by atoms with Crippen LogP contribution in [0.15, 0.2) is 24.3 Å². The number of ether oxygens (including phenoxy) is 1. The van der Waals surface area contributed by atoms with Crippen molar-refractivity contribution in [3.63, 3.8) is 0 Å². The van der Waals surface area contributed by atoms with E-state index in [-0.39, 0.29) is 11.9 Å². The molecule has 0 radical (unpaired) electrons. The molecule has 4 nitrogen and oxygen atoms in total. The Bertz CT molecular complexity index is 413. The first kappa shape index (κ1) is 13.9. The summed E-state index contributed by atoms with van der Waals surface area (Å²) in [6.45, 7) is 2.48. The van der Waals surface area contributed by atoms with Gasteiger partial charge in [0.25, 0.3) is 0 Å². The van der Waals surface area contributed by atoms with Gasteiger partial charge in [0, 0.05) is 12.1 Å². The first-order chi connectivity index (χ1) is 9.19. The van der Waals surface area contributed by atoms with Gasteiger partial charge in [0.15, 0.2) is 0 Å². The number of carbonyl (C=O) groups is 1. The van der Waals surface area contributed by atoms with E-state index in [4.69, 9.17) is 10.5 Å². The van der Waals surface area contributed by atoms with Crippen molar-refractivity contribution < 1.29 is 9.53 Å². The van der Waals surface area contributed by atoms with Crippen molar-refractivity contribution in [3.05, 3.63) is 29.8 Å². The third kappa shape index (κ3) is 4.56. The number of carbonyl (C=O) groups excluding carboxylic acids is 1. The van der Waals surface area contributed by atoms with Gasteiger partial charge in [-0.3, -0.25) is 4.79 Å². The van der Waals surface area contributed by atoms with E-state index in [1.807, 2.05) is 24.3 Å². The van der Waals surface area contributed by atoms with Gasteiger partial charge in [-0.1, -0.05) is 19.1 Å². The van der Waals surface area contributed by atoms with Crippen molar-refractivity contribution in [2.24, 2.45) is 5.73 Å². The van der Waals surface area contributed by atoms with E-state index < -0.39 is 0 Å². The minimum absolute atomic E-state index is 0.0760. The number of nitrogens with two attached hydrogens (primary N) is 1. The molecule has 1 amide bonds. The van der Waals surface area contributed by atoms with Crippen LogP contribution in [0, 0.1) is 0 Å². The Morgan fingerprint density at radius 1 is 1.42 bits per heavy atom. The number of nitrogens with one attached hydrogen (secondary N) is 1. The molecule has 104 valence electrons. The van der Waals surface area contributed by atoms with E-state index in [2.05, 4.69) is 12.2 Å². The molecule has 0 spiro atoms. The Balaban J connectivity index is 1.71. The van der Waals surface area contributed by atoms with Gasteiger partial charge < -0.3 is 15.8 Å². The number of hydrogen-bond donors (Lipinski definition) is 2. The van der Waals surface area contributed by atoms with Crippen LogP contribution in [0.25, 0.3) is 0 Å². The van der Waals surface area contributed by atoms with Gasteiger partial charge in [-0.05, 0) is 37.0 Å². The summed E-state index contributed by atoms with van der Waals surface area (Å²) in [5, 5.41) is 2.94. The molecule has 0 aliphatic heterocycles. The molecule has 1 aliphatic rings. The zero-order valence-electron chi connectivity index (χ0n) is 11.4. The van der Waals surface area contributed by atoms with Crippen molar-refractivity contribution in [1.29, 1.82) is 0 Å². The normalized spacial score (nSPS) is 15.9. The molecule has 2 rings (SSSR count). The molecular weight excluding hydrogens is 240 g/mol. The van der Waals surface area contributed by atoms with Gasteiger partial charge in [-0.25, -0.2) is 0 Å². The van der Waals surface area contributed by atoms with Gasteiger partial charge >= 0.3 is 0 Å². The summed E-state index contributed by atoms with van der Waals surface area (Å²) in [4.78, 5) is 11.5. The van der Waals surface area contributed by atoms with E-state index in [1.54, 1.807) is 0 Å². The van der Waals surface area contributed by atoms with Gasteiger partial charge in [0.05, 0.1) is 13.0 Å². The second kappa shape index (κ2) is 6.57. The van der Waals surface area contributed by atoms with Crippen LogP contribution in [0.5, 0.6) is 5.75 Å². The van der Waals surface area contributed by atoms with Crippen LogP contribution >= 0.6 is 0 Å². The lowest BCUT2D eigenvalue weighted by Crippen LogP contribution is -2.26. The Morgan fingerprint density at radius 3 is 2.68 bits per heavy atom. The fourth-order valence-corrected chi connectivity index (χ4v) is 1.84. The minimum Gasteiger partial charge on any atom is -0.493 e. The maximum Gasteiger partial charge on any atom is 0.223 e. The van der Waals surface area contributed by atoms with Crippen LogP contribution in [-0.4, -0.2) is 18.6 Å². The van der Waals surface area contributed by atoms with E-state index in [0.717, 1.165) is 30.6 Å². The maximum absolute atomic E-state index is 11.5. The largest absolute Gasteiger partial charge is 0.493 e. The molecule has 1 aromatic carbocycles. The predicted octanol–water partition coefficient (Wildman–Crippen LogP) is 2.14. The summed E-state index contributed by atoms with van der Waals surface area (Å²) in [6.07, 6.45) is 3.56. The average Bonchev–Trinajstić information content (AvgIpc) is 3.22. The standard InChI is InChI=1S/C15H22N2O2/c1-2-14(16)11-3-7-13(8-4-11)19-10-9-15(18)17-12-5-6-12/h3-4,7-8,12,14H,2,5-6,9-10,16H2,1H3,(H,17,18)/t14-/m0/s1. The maximum atomic E-state index is 11.5. The fraction of sp³-hybridized carbons (Fsp3) is 0.533. The van der Waals surface area contributed by atoms with Crippen molar-refractivity contribution in [3.8, 4) is 5.75 Å². The van der Waals surface area contributed by atoms with Crippen LogP contribution in [0.3, 0.4) is 0 Å². The second-order valence-electron chi connectivity index (χ2n) is 5.02. The molecule has 1 fully saturated rings. The highest BCUT2D eigenvalue weighted by Crippen LogP contribution is 2.19. The van der Waals surface area contributed by atoms with Crippen molar-refractivity contribution >= 4 is 5.91 Å². The lowest BCUT2D eigenvalue weighted by molar-refractivity contribution is -0.121. The lowest BCUT2D eigenvalue weighted by Gasteiger charge is -2.11. The third-order valence-electron chi connectivity index (χ3n) is 3.29. The molecular formula is C15H22N2O2. The molecule has 0 unspecified atom stereocenters. The summed E-state index contributed by atoms with van der Waals surface area (Å²) >= 11 is 0. The molecule has 4 heteroatoms. The van der Waals surface area contributed by atoms with Crippen LogP contribution < -0.4 is 15.8 Å². The molecule has 1 saturated carbocycles. The van der Waals surface area contributed by atoms with Crippen LogP contribution in [-0.2, 0) is 4.79 Å². The molecule has 1 aromatic rings. The monoisotopic (exact) mass is 262 g/mol. The highest BCUT2D eigenvalue weighted by Gasteiger charge is 2.22. The van der Waals surface area contributed by atoms with E-state index >= 15 is 0 Å². The number of amides is 1. The molecule has 0 bridgehead atoms. The second-order valence-corrected chi connectivity index (χ2v) is 5.02. The fourth-order valence-electron chi connectivity index (χ4n) is 1.84. The van der Waals surface area contributed by atoms with Crippen LogP contribution in [0.1, 0.15) is 44.2 Å². The lowest BCUT2D eigenvalue weighted by atomic mass is 10.1. The molecule has 0 aromatic heterocycles. The zero-order valence-corrected chi connectivity index (χ0v) is 11.4. The van der Waals surface area contributed by atoms with Gasteiger partial charge in [0.1, 0.15) is 5.75 Å². The quantitative estimate of drug-likeness (QED) is 0.791. The zero-order chi connectivity index (χ0) is 13.7. The summed E-state index contributed by atoms with van der Waals surface area (Å²) in [7, 11) is 0. The first-order valence-corrected chi connectivity index (χ1v) is 6.96. The Labute approximate surface area is 114 Å². The molecule has 1 aliphatic carbocycles. The minimum atomic E-state index is 0.0760. The van der Waals surface area contributed by atoms with Gasteiger partial charge in [-0.2, -0.15) is 0 Å². The smallest absolute Gasteiger partial charge is 0.223 e. The van der Waals surface area contributed by atoms with E-state index in [9.17, 15) is 4.79 Å².